The second-order valence-electron chi connectivity index (χ2n) is 2.55. The lowest BCUT2D eigenvalue weighted by molar-refractivity contribution is -0.137. The largest absolute Gasteiger partial charge is 0.445 e. The van der Waals surface area contributed by atoms with Gasteiger partial charge in [0.05, 0.1) is 6.10 Å². The number of nitrogens with zero attached hydrogens (tertiary/aromatic N) is 1. The van der Waals surface area contributed by atoms with E-state index in [0.717, 1.165) is 5.01 Å². The maximum Gasteiger partial charge on any atom is 0.429 e. The smallest absolute Gasteiger partial charge is 0.429 e. The maximum absolute atomic E-state index is 10.9. The number of hydrazine groups is 1. The summed E-state index contributed by atoms with van der Waals surface area (Å²) in [6.45, 7) is 3.60. The highest BCUT2D eigenvalue weighted by Crippen LogP contribution is 2.00. The van der Waals surface area contributed by atoms with Crippen LogP contribution in [0.15, 0.2) is 0 Å². The Hall–Kier alpha value is -1.26. The molecule has 0 radical (unpaired) electrons. The standard InChI is InChI=1S/C6H10N2O3/c1-4(2)11-6(10)8-3-5(9)7-8/h4H,3H2,1-2H3,(H,7,9). The normalized spacial score (nSPS) is 15.9. The van der Waals surface area contributed by atoms with Crippen LogP contribution in [-0.4, -0.2) is 29.7 Å². The van der Waals surface area contributed by atoms with Crippen molar-refractivity contribution in [2.24, 2.45) is 0 Å². The summed E-state index contributed by atoms with van der Waals surface area (Å²) in [7, 11) is 0. The highest BCUT2D eigenvalue weighted by molar-refractivity contribution is 5.89. The van der Waals surface area contributed by atoms with E-state index in [1.807, 2.05) is 0 Å². The monoisotopic (exact) mass is 158 g/mol. The van der Waals surface area contributed by atoms with Gasteiger partial charge in [-0.25, -0.2) is 9.80 Å². The van der Waals surface area contributed by atoms with Gasteiger partial charge in [0.25, 0.3) is 5.91 Å². The molecule has 1 aliphatic rings. The van der Waals surface area contributed by atoms with E-state index in [1.54, 1.807) is 13.8 Å². The molecule has 5 heteroatoms. The molecule has 62 valence electrons. The highest BCUT2D eigenvalue weighted by Gasteiger charge is 2.29. The first-order valence-electron chi connectivity index (χ1n) is 3.37. The molecule has 1 rings (SSSR count). The lowest BCUT2D eigenvalue weighted by atomic mass is 10.5. The van der Waals surface area contributed by atoms with Crippen molar-refractivity contribution in [3.8, 4) is 0 Å². The molecule has 0 bridgehead atoms. The quantitative estimate of drug-likeness (QED) is 0.578. The molecule has 0 aromatic rings. The predicted molar refractivity (Wildman–Crippen MR) is 36.5 cm³/mol. The van der Waals surface area contributed by atoms with Crippen LogP contribution in [0, 0.1) is 0 Å². The highest BCUT2D eigenvalue weighted by atomic mass is 16.6. The van der Waals surface area contributed by atoms with Crippen LogP contribution >= 0.6 is 0 Å². The predicted octanol–water partition coefficient (Wildman–Crippen LogP) is -0.122. The van der Waals surface area contributed by atoms with Gasteiger partial charge in [-0.05, 0) is 13.8 Å². The van der Waals surface area contributed by atoms with E-state index in [0.29, 0.717) is 0 Å². The second-order valence-corrected chi connectivity index (χ2v) is 2.55. The summed E-state index contributed by atoms with van der Waals surface area (Å²) in [6.07, 6.45) is -0.653. The Labute approximate surface area is 64.3 Å². The van der Waals surface area contributed by atoms with Crippen molar-refractivity contribution in [3.05, 3.63) is 0 Å². The van der Waals surface area contributed by atoms with E-state index in [1.165, 1.54) is 0 Å². The van der Waals surface area contributed by atoms with Crippen molar-refractivity contribution in [3.63, 3.8) is 0 Å². The third kappa shape index (κ3) is 1.83. The van der Waals surface area contributed by atoms with Crippen molar-refractivity contribution in [2.45, 2.75) is 20.0 Å². The molecule has 0 aromatic heterocycles. The minimum atomic E-state index is -0.500. The minimum Gasteiger partial charge on any atom is -0.445 e. The zero-order valence-corrected chi connectivity index (χ0v) is 6.46. The Bertz CT molecular complexity index is 182. The van der Waals surface area contributed by atoms with E-state index < -0.39 is 6.09 Å². The van der Waals surface area contributed by atoms with Crippen LogP contribution in [-0.2, 0) is 9.53 Å². The first-order chi connectivity index (χ1) is 5.09. The van der Waals surface area contributed by atoms with Crippen LogP contribution in [0.3, 0.4) is 0 Å². The Morgan fingerprint density at radius 3 is 2.64 bits per heavy atom. The topological polar surface area (TPSA) is 58.6 Å². The van der Waals surface area contributed by atoms with Crippen LogP contribution in [0.5, 0.6) is 0 Å². The summed E-state index contributed by atoms with van der Waals surface area (Å²) in [5.41, 5.74) is 2.27. The first kappa shape index (κ1) is 7.84. The van der Waals surface area contributed by atoms with Gasteiger partial charge in [0, 0.05) is 0 Å². The number of ether oxygens (including phenoxy) is 1. The van der Waals surface area contributed by atoms with Crippen LogP contribution < -0.4 is 5.43 Å². The molecule has 1 saturated heterocycles. The molecule has 1 fully saturated rings. The average Bonchev–Trinajstić information content (AvgIpc) is 1.79. The molecule has 0 aliphatic carbocycles. The Balaban J connectivity index is 2.26. The summed E-state index contributed by atoms with van der Waals surface area (Å²) in [6, 6.07) is 0. The van der Waals surface area contributed by atoms with Gasteiger partial charge in [-0.1, -0.05) is 0 Å². The number of carbonyl (C=O) groups is 2. The Morgan fingerprint density at radius 1 is 1.73 bits per heavy atom. The zero-order chi connectivity index (χ0) is 8.43. The number of hydrogen-bond donors (Lipinski definition) is 1. The second kappa shape index (κ2) is 2.77. The molecule has 1 N–H and O–H groups in total. The van der Waals surface area contributed by atoms with Gasteiger partial charge in [-0.15, -0.1) is 0 Å². The summed E-state index contributed by atoms with van der Waals surface area (Å²) in [5, 5.41) is 1.13. The van der Waals surface area contributed by atoms with Crippen molar-refractivity contribution >= 4 is 12.0 Å². The van der Waals surface area contributed by atoms with Gasteiger partial charge < -0.3 is 4.74 Å². The Kier molecular flexibility index (Phi) is 1.98. The third-order valence-electron chi connectivity index (χ3n) is 1.12. The number of hydrogen-bond acceptors (Lipinski definition) is 3. The molecule has 0 aromatic carbocycles. The van der Waals surface area contributed by atoms with Crippen LogP contribution in [0.1, 0.15) is 13.8 Å². The van der Waals surface area contributed by atoms with Crippen molar-refractivity contribution in [1.82, 2.24) is 10.4 Å². The number of amides is 2. The van der Waals surface area contributed by atoms with Crippen molar-refractivity contribution in [1.29, 1.82) is 0 Å². The molecule has 0 atom stereocenters. The molecule has 0 unspecified atom stereocenters. The van der Waals surface area contributed by atoms with Crippen LogP contribution in [0.25, 0.3) is 0 Å². The summed E-state index contributed by atoms with van der Waals surface area (Å²) in [4.78, 5) is 21.2. The molecule has 5 nitrogen and oxygen atoms in total. The molecule has 1 heterocycles. The lowest BCUT2D eigenvalue weighted by Gasteiger charge is -2.30. The molecular formula is C6H10N2O3. The molecular weight excluding hydrogens is 148 g/mol. The maximum atomic E-state index is 10.9. The van der Waals surface area contributed by atoms with Crippen LogP contribution in [0.2, 0.25) is 0 Å². The summed E-state index contributed by atoms with van der Waals surface area (Å²) >= 11 is 0. The van der Waals surface area contributed by atoms with Crippen LogP contribution in [0.4, 0.5) is 4.79 Å². The lowest BCUT2D eigenvalue weighted by Crippen LogP contribution is -2.61. The minimum absolute atomic E-state index is 0.103. The van der Waals surface area contributed by atoms with Crippen molar-refractivity contribution in [2.75, 3.05) is 6.54 Å². The number of rotatable bonds is 1. The number of nitrogens with one attached hydrogen (secondary N) is 1. The molecule has 2 amide bonds. The van der Waals surface area contributed by atoms with Crippen molar-refractivity contribution < 1.29 is 14.3 Å². The van der Waals surface area contributed by atoms with E-state index in [4.69, 9.17) is 4.74 Å². The molecule has 0 spiro atoms. The fourth-order valence-corrected chi connectivity index (χ4v) is 0.653. The van der Waals surface area contributed by atoms with Gasteiger partial charge >= 0.3 is 6.09 Å². The summed E-state index contributed by atoms with van der Waals surface area (Å²) in [5.74, 6) is -0.161. The van der Waals surface area contributed by atoms with Gasteiger partial charge in [0.1, 0.15) is 6.54 Å². The Morgan fingerprint density at radius 2 is 2.27 bits per heavy atom. The zero-order valence-electron chi connectivity index (χ0n) is 6.46. The van der Waals surface area contributed by atoms with Gasteiger partial charge in [-0.2, -0.15) is 0 Å². The molecule has 11 heavy (non-hydrogen) atoms. The fraction of sp³-hybridized carbons (Fsp3) is 0.667. The molecule has 0 saturated carbocycles. The fourth-order valence-electron chi connectivity index (χ4n) is 0.653. The van der Waals surface area contributed by atoms with E-state index in [2.05, 4.69) is 5.43 Å². The van der Waals surface area contributed by atoms with Gasteiger partial charge in [-0.3, -0.25) is 10.2 Å². The summed E-state index contributed by atoms with van der Waals surface area (Å²) < 4.78 is 4.77. The van der Waals surface area contributed by atoms with E-state index >= 15 is 0 Å². The van der Waals surface area contributed by atoms with Gasteiger partial charge in [0.2, 0.25) is 0 Å². The third-order valence-corrected chi connectivity index (χ3v) is 1.12. The molecule has 1 aliphatic heterocycles. The SMILES string of the molecule is CC(C)OC(=O)N1CC(=O)N1. The van der Waals surface area contributed by atoms with Gasteiger partial charge in [0.15, 0.2) is 0 Å². The number of carbonyl (C=O) groups excluding carboxylic acids is 2. The van der Waals surface area contributed by atoms with E-state index in [9.17, 15) is 9.59 Å². The average molecular weight is 158 g/mol. The first-order valence-corrected chi connectivity index (χ1v) is 3.37. The van der Waals surface area contributed by atoms with E-state index in [-0.39, 0.29) is 18.6 Å².